The van der Waals surface area contributed by atoms with Gasteiger partial charge in [0.05, 0.1) is 19.3 Å². The van der Waals surface area contributed by atoms with E-state index in [9.17, 15) is 5.26 Å². The third-order valence-corrected chi connectivity index (χ3v) is 7.31. The molecule has 2 aromatic heterocycles. The summed E-state index contributed by atoms with van der Waals surface area (Å²) >= 11 is 0. The minimum atomic E-state index is 0.138. The average Bonchev–Trinajstić information content (AvgIpc) is 3.35. The zero-order valence-electron chi connectivity index (χ0n) is 23.2. The van der Waals surface area contributed by atoms with E-state index in [-0.39, 0.29) is 18.6 Å². The summed E-state index contributed by atoms with van der Waals surface area (Å²) in [5.41, 5.74) is 4.11. The largest absolute Gasteiger partial charge is 0.356 e. The van der Waals surface area contributed by atoms with E-state index >= 15 is 0 Å². The standard InChI is InChI=1S/C32H36N6O2/c1-24-17-30(35-32(34-24)29-15-13-26(19-33)14-16-29)37(22-39-20-27-9-5-3-6-10-27)31-18-25(2)38(36-31)23-40-21-28-11-7-4-8-12-28/h3-12,17-18,26,29H,13-16,20-23H2,1-2H3. The number of anilines is 2. The zero-order chi connectivity index (χ0) is 27.7. The maximum absolute atomic E-state index is 9.32. The van der Waals surface area contributed by atoms with Gasteiger partial charge in [0, 0.05) is 35.4 Å². The lowest BCUT2D eigenvalue weighted by Crippen LogP contribution is -2.24. The monoisotopic (exact) mass is 536 g/mol. The van der Waals surface area contributed by atoms with Crippen molar-refractivity contribution >= 4 is 11.6 Å². The molecule has 206 valence electrons. The molecule has 0 bridgehead atoms. The predicted octanol–water partition coefficient (Wildman–Crippen LogP) is 6.57. The van der Waals surface area contributed by atoms with Crippen molar-refractivity contribution in [3.8, 4) is 6.07 Å². The van der Waals surface area contributed by atoms with E-state index in [2.05, 4.69) is 30.3 Å². The Hall–Kier alpha value is -4.06. The number of rotatable bonds is 11. The molecule has 0 saturated heterocycles. The van der Waals surface area contributed by atoms with Crippen molar-refractivity contribution in [1.29, 1.82) is 5.26 Å². The van der Waals surface area contributed by atoms with Crippen LogP contribution in [0.15, 0.2) is 72.8 Å². The van der Waals surface area contributed by atoms with Crippen molar-refractivity contribution in [2.45, 2.75) is 65.4 Å². The summed E-state index contributed by atoms with van der Waals surface area (Å²) < 4.78 is 14.0. The van der Waals surface area contributed by atoms with Gasteiger partial charge < -0.3 is 9.47 Å². The highest BCUT2D eigenvalue weighted by atomic mass is 16.5. The van der Waals surface area contributed by atoms with Crippen LogP contribution in [0, 0.1) is 31.1 Å². The lowest BCUT2D eigenvalue weighted by Gasteiger charge is -2.26. The van der Waals surface area contributed by atoms with Crippen molar-refractivity contribution in [3.05, 3.63) is 101 Å². The van der Waals surface area contributed by atoms with Crippen LogP contribution in [0.25, 0.3) is 0 Å². The molecule has 8 nitrogen and oxygen atoms in total. The highest BCUT2D eigenvalue weighted by Crippen LogP contribution is 2.35. The third kappa shape index (κ3) is 7.12. The van der Waals surface area contributed by atoms with Gasteiger partial charge in [-0.25, -0.2) is 14.6 Å². The first kappa shape index (κ1) is 27.5. The summed E-state index contributed by atoms with van der Waals surface area (Å²) in [7, 11) is 0. The van der Waals surface area contributed by atoms with Gasteiger partial charge >= 0.3 is 0 Å². The van der Waals surface area contributed by atoms with Gasteiger partial charge in [0.15, 0.2) is 5.82 Å². The Morgan fingerprint density at radius 2 is 1.50 bits per heavy atom. The summed E-state index contributed by atoms with van der Waals surface area (Å²) in [6, 6.07) is 26.7. The average molecular weight is 537 g/mol. The lowest BCUT2D eigenvalue weighted by molar-refractivity contribution is 0.0548. The maximum atomic E-state index is 9.32. The lowest BCUT2D eigenvalue weighted by atomic mass is 9.82. The van der Waals surface area contributed by atoms with E-state index < -0.39 is 0 Å². The molecule has 0 radical (unpaired) electrons. The summed E-state index contributed by atoms with van der Waals surface area (Å²) in [4.78, 5) is 11.8. The van der Waals surface area contributed by atoms with Crippen LogP contribution in [0.1, 0.15) is 59.9 Å². The first-order valence-corrected chi connectivity index (χ1v) is 13.9. The molecule has 0 N–H and O–H groups in total. The van der Waals surface area contributed by atoms with E-state index in [4.69, 9.17) is 24.5 Å². The number of nitrogens with zero attached hydrogens (tertiary/aromatic N) is 6. The number of benzene rings is 2. The summed E-state index contributed by atoms with van der Waals surface area (Å²) in [5, 5.41) is 14.2. The molecule has 0 aliphatic heterocycles. The first-order chi connectivity index (χ1) is 19.6. The molecule has 8 heteroatoms. The minimum absolute atomic E-state index is 0.138. The van der Waals surface area contributed by atoms with Crippen molar-refractivity contribution in [2.75, 3.05) is 11.6 Å². The Bertz CT molecular complexity index is 1410. The first-order valence-electron chi connectivity index (χ1n) is 13.9. The summed E-state index contributed by atoms with van der Waals surface area (Å²) in [6.07, 6.45) is 3.64. The van der Waals surface area contributed by atoms with Gasteiger partial charge in [-0.2, -0.15) is 10.4 Å². The SMILES string of the molecule is Cc1cc(N(COCc2ccccc2)c2cc(C)n(COCc3ccccc3)n2)nc(C2CCC(C#N)CC2)n1. The second kappa shape index (κ2) is 13.3. The topological polar surface area (TPSA) is 89.1 Å². The van der Waals surface area contributed by atoms with E-state index in [0.29, 0.717) is 19.9 Å². The number of hydrogen-bond donors (Lipinski definition) is 0. The summed E-state index contributed by atoms with van der Waals surface area (Å²) in [5.74, 6) is 2.72. The molecule has 5 rings (SSSR count). The van der Waals surface area contributed by atoms with Crippen molar-refractivity contribution < 1.29 is 9.47 Å². The Morgan fingerprint density at radius 1 is 0.850 bits per heavy atom. The molecular formula is C32H36N6O2. The van der Waals surface area contributed by atoms with Crippen LogP contribution in [0.5, 0.6) is 0 Å². The van der Waals surface area contributed by atoms with Gasteiger partial charge in [0.25, 0.3) is 0 Å². The van der Waals surface area contributed by atoms with E-state index in [0.717, 1.165) is 65.7 Å². The molecule has 40 heavy (non-hydrogen) atoms. The van der Waals surface area contributed by atoms with Gasteiger partial charge in [-0.05, 0) is 50.7 Å². The fourth-order valence-electron chi connectivity index (χ4n) is 5.03. The van der Waals surface area contributed by atoms with Crippen LogP contribution >= 0.6 is 0 Å². The number of aryl methyl sites for hydroxylation is 2. The molecule has 0 unspecified atom stereocenters. The molecule has 1 aliphatic carbocycles. The van der Waals surface area contributed by atoms with E-state index in [1.54, 1.807) is 0 Å². The van der Waals surface area contributed by atoms with Gasteiger partial charge in [-0.1, -0.05) is 60.7 Å². The Labute approximate surface area is 236 Å². The van der Waals surface area contributed by atoms with Crippen molar-refractivity contribution in [3.63, 3.8) is 0 Å². The maximum Gasteiger partial charge on any atom is 0.158 e. The molecule has 1 saturated carbocycles. The van der Waals surface area contributed by atoms with Crippen LogP contribution in [0.4, 0.5) is 11.6 Å². The van der Waals surface area contributed by atoms with E-state index in [1.165, 1.54) is 0 Å². The molecule has 1 aliphatic rings. The Kier molecular flexibility index (Phi) is 9.17. The second-order valence-corrected chi connectivity index (χ2v) is 10.4. The molecule has 2 heterocycles. The van der Waals surface area contributed by atoms with Crippen LogP contribution in [-0.2, 0) is 29.4 Å². The fraction of sp³-hybridized carbons (Fsp3) is 0.375. The molecular weight excluding hydrogens is 500 g/mol. The molecule has 0 spiro atoms. The third-order valence-electron chi connectivity index (χ3n) is 7.31. The van der Waals surface area contributed by atoms with Crippen LogP contribution < -0.4 is 4.90 Å². The molecule has 1 fully saturated rings. The van der Waals surface area contributed by atoms with Crippen LogP contribution in [-0.4, -0.2) is 26.5 Å². The number of nitriles is 1. The smallest absolute Gasteiger partial charge is 0.158 e. The zero-order valence-corrected chi connectivity index (χ0v) is 23.2. The molecule has 4 aromatic rings. The minimum Gasteiger partial charge on any atom is -0.356 e. The van der Waals surface area contributed by atoms with E-state index in [1.807, 2.05) is 72.0 Å². The Balaban J connectivity index is 1.36. The predicted molar refractivity (Wildman–Crippen MR) is 154 cm³/mol. The van der Waals surface area contributed by atoms with Gasteiger partial charge in [-0.15, -0.1) is 0 Å². The summed E-state index contributed by atoms with van der Waals surface area (Å²) in [6.45, 7) is 5.65. The Morgan fingerprint density at radius 3 is 2.15 bits per heavy atom. The fourth-order valence-corrected chi connectivity index (χ4v) is 5.03. The van der Waals surface area contributed by atoms with Gasteiger partial charge in [0.2, 0.25) is 0 Å². The number of aromatic nitrogens is 4. The van der Waals surface area contributed by atoms with Gasteiger partial charge in [-0.3, -0.25) is 4.90 Å². The highest BCUT2D eigenvalue weighted by molar-refractivity contribution is 5.56. The van der Waals surface area contributed by atoms with Crippen LogP contribution in [0.3, 0.4) is 0 Å². The highest BCUT2D eigenvalue weighted by Gasteiger charge is 2.26. The number of hydrogen-bond acceptors (Lipinski definition) is 7. The normalized spacial score (nSPS) is 16.9. The number of ether oxygens (including phenoxy) is 2. The quantitative estimate of drug-likeness (QED) is 0.200. The van der Waals surface area contributed by atoms with Crippen LogP contribution in [0.2, 0.25) is 0 Å². The second-order valence-electron chi connectivity index (χ2n) is 10.4. The van der Waals surface area contributed by atoms with Crippen molar-refractivity contribution in [2.24, 2.45) is 5.92 Å². The molecule has 2 aromatic carbocycles. The molecule has 0 atom stereocenters. The molecule has 0 amide bonds. The van der Waals surface area contributed by atoms with Crippen molar-refractivity contribution in [1.82, 2.24) is 19.7 Å². The van der Waals surface area contributed by atoms with Gasteiger partial charge in [0.1, 0.15) is 25.1 Å².